The van der Waals surface area contributed by atoms with Gasteiger partial charge >= 0.3 is 0 Å². The molecule has 6 nitrogen and oxygen atoms in total. The van der Waals surface area contributed by atoms with E-state index in [0.717, 1.165) is 37.7 Å². The average molecular weight is 420 g/mol. The monoisotopic (exact) mass is 420 g/mol. The summed E-state index contributed by atoms with van der Waals surface area (Å²) in [4.78, 5) is 18.0. The molecule has 7 heteroatoms. The fourth-order valence-electron chi connectivity index (χ4n) is 2.62. The standard InChI is InChI=1S/C15H24N4O2.HI/c1-16-14(20)10-12-5-7-19(8-6-12)15(17-2)18-11-13-4-3-9-21-13;/h3-4,9,12H,5-8,10-11H2,1-2H3,(H,16,20)(H,17,18);1H. The summed E-state index contributed by atoms with van der Waals surface area (Å²) in [5.41, 5.74) is 0. The predicted octanol–water partition coefficient (Wildman–Crippen LogP) is 1.82. The average Bonchev–Trinajstić information content (AvgIpc) is 3.02. The number of likely N-dealkylation sites (tertiary alicyclic amines) is 1. The van der Waals surface area contributed by atoms with Gasteiger partial charge in [0.2, 0.25) is 5.91 Å². The van der Waals surface area contributed by atoms with Crippen LogP contribution in [-0.2, 0) is 11.3 Å². The third kappa shape index (κ3) is 5.51. The van der Waals surface area contributed by atoms with E-state index in [1.54, 1.807) is 20.4 Å². The van der Waals surface area contributed by atoms with E-state index in [-0.39, 0.29) is 29.9 Å². The Morgan fingerprint density at radius 1 is 1.45 bits per heavy atom. The van der Waals surface area contributed by atoms with Crippen molar-refractivity contribution in [1.82, 2.24) is 15.5 Å². The Hall–Kier alpha value is -1.25. The second-order valence-corrected chi connectivity index (χ2v) is 5.29. The van der Waals surface area contributed by atoms with Gasteiger partial charge in [0.25, 0.3) is 0 Å². The summed E-state index contributed by atoms with van der Waals surface area (Å²) in [6, 6.07) is 3.82. The van der Waals surface area contributed by atoms with Crippen LogP contribution in [0.25, 0.3) is 0 Å². The molecule has 2 N–H and O–H groups in total. The number of piperidine rings is 1. The Labute approximate surface area is 148 Å². The van der Waals surface area contributed by atoms with Crippen molar-refractivity contribution in [1.29, 1.82) is 0 Å². The quantitative estimate of drug-likeness (QED) is 0.443. The molecule has 1 fully saturated rings. The van der Waals surface area contributed by atoms with Crippen LogP contribution in [0, 0.1) is 5.92 Å². The number of rotatable bonds is 4. The van der Waals surface area contributed by atoms with Crippen LogP contribution in [0.5, 0.6) is 0 Å². The molecule has 22 heavy (non-hydrogen) atoms. The molecule has 0 radical (unpaired) electrons. The zero-order valence-corrected chi connectivity index (χ0v) is 15.5. The van der Waals surface area contributed by atoms with Crippen molar-refractivity contribution in [3.63, 3.8) is 0 Å². The van der Waals surface area contributed by atoms with Crippen molar-refractivity contribution in [2.45, 2.75) is 25.8 Å². The second kappa shape index (κ2) is 9.70. The van der Waals surface area contributed by atoms with Crippen molar-refractivity contribution in [2.75, 3.05) is 27.2 Å². The molecule has 0 aliphatic carbocycles. The van der Waals surface area contributed by atoms with Crippen LogP contribution < -0.4 is 10.6 Å². The van der Waals surface area contributed by atoms with E-state index in [1.165, 1.54) is 0 Å². The molecule has 0 spiro atoms. The lowest BCUT2D eigenvalue weighted by molar-refractivity contribution is -0.121. The van der Waals surface area contributed by atoms with Crippen LogP contribution in [0.2, 0.25) is 0 Å². The Kier molecular flexibility index (Phi) is 8.29. The molecule has 1 aromatic rings. The van der Waals surface area contributed by atoms with Crippen LogP contribution >= 0.6 is 24.0 Å². The number of guanidine groups is 1. The smallest absolute Gasteiger partial charge is 0.220 e. The summed E-state index contributed by atoms with van der Waals surface area (Å²) in [5.74, 6) is 2.40. The van der Waals surface area contributed by atoms with Gasteiger partial charge < -0.3 is 20.0 Å². The molecular formula is C15H25IN4O2. The van der Waals surface area contributed by atoms with E-state index in [0.29, 0.717) is 18.9 Å². The van der Waals surface area contributed by atoms with Gasteiger partial charge in [0, 0.05) is 33.6 Å². The molecule has 1 aliphatic heterocycles. The van der Waals surface area contributed by atoms with Gasteiger partial charge in [0.1, 0.15) is 5.76 Å². The maximum absolute atomic E-state index is 11.4. The van der Waals surface area contributed by atoms with Crippen molar-refractivity contribution in [2.24, 2.45) is 10.9 Å². The lowest BCUT2D eigenvalue weighted by Gasteiger charge is -2.33. The first-order valence-corrected chi connectivity index (χ1v) is 7.41. The molecule has 0 saturated carbocycles. The Morgan fingerprint density at radius 2 is 2.18 bits per heavy atom. The number of hydrogen-bond acceptors (Lipinski definition) is 3. The third-order valence-corrected chi connectivity index (χ3v) is 3.88. The SMILES string of the molecule is CN=C(NCc1ccco1)N1CCC(CC(=O)NC)CC1.I. The predicted molar refractivity (Wildman–Crippen MR) is 97.3 cm³/mol. The lowest BCUT2D eigenvalue weighted by Crippen LogP contribution is -2.45. The van der Waals surface area contributed by atoms with Gasteiger partial charge in [-0.25, -0.2) is 0 Å². The molecule has 1 amide bonds. The summed E-state index contributed by atoms with van der Waals surface area (Å²) in [6.07, 6.45) is 4.34. The normalized spacial score (nSPS) is 16.1. The maximum Gasteiger partial charge on any atom is 0.220 e. The zero-order chi connectivity index (χ0) is 15.1. The van der Waals surface area contributed by atoms with E-state index >= 15 is 0 Å². The van der Waals surface area contributed by atoms with Crippen LogP contribution in [-0.4, -0.2) is 44.0 Å². The van der Waals surface area contributed by atoms with Crippen LogP contribution in [0.15, 0.2) is 27.8 Å². The molecule has 0 aromatic carbocycles. The highest BCUT2D eigenvalue weighted by atomic mass is 127. The number of halogens is 1. The summed E-state index contributed by atoms with van der Waals surface area (Å²) in [7, 11) is 3.49. The summed E-state index contributed by atoms with van der Waals surface area (Å²) < 4.78 is 5.31. The number of furan rings is 1. The van der Waals surface area contributed by atoms with Gasteiger partial charge in [-0.2, -0.15) is 0 Å². The molecule has 0 bridgehead atoms. The molecule has 1 saturated heterocycles. The van der Waals surface area contributed by atoms with E-state index in [2.05, 4.69) is 20.5 Å². The highest BCUT2D eigenvalue weighted by molar-refractivity contribution is 14.0. The number of hydrogen-bond donors (Lipinski definition) is 2. The molecule has 1 aromatic heterocycles. The fourth-order valence-corrected chi connectivity index (χ4v) is 2.62. The topological polar surface area (TPSA) is 69.9 Å². The van der Waals surface area contributed by atoms with E-state index < -0.39 is 0 Å². The minimum Gasteiger partial charge on any atom is -0.467 e. The van der Waals surface area contributed by atoms with Gasteiger partial charge in [-0.05, 0) is 30.9 Å². The van der Waals surface area contributed by atoms with Crippen LogP contribution in [0.3, 0.4) is 0 Å². The molecule has 0 unspecified atom stereocenters. The van der Waals surface area contributed by atoms with Crippen molar-refractivity contribution < 1.29 is 9.21 Å². The number of amides is 1. The number of nitrogens with zero attached hydrogens (tertiary/aromatic N) is 2. The molecule has 1 aliphatic rings. The van der Waals surface area contributed by atoms with Gasteiger partial charge in [0.05, 0.1) is 12.8 Å². The molecule has 2 rings (SSSR count). The second-order valence-electron chi connectivity index (χ2n) is 5.29. The largest absolute Gasteiger partial charge is 0.467 e. The van der Waals surface area contributed by atoms with Gasteiger partial charge in [0.15, 0.2) is 5.96 Å². The van der Waals surface area contributed by atoms with Crippen molar-refractivity contribution in [3.05, 3.63) is 24.2 Å². The van der Waals surface area contributed by atoms with Gasteiger partial charge in [-0.1, -0.05) is 0 Å². The van der Waals surface area contributed by atoms with E-state index in [1.807, 2.05) is 12.1 Å². The van der Waals surface area contributed by atoms with Crippen LogP contribution in [0.1, 0.15) is 25.0 Å². The van der Waals surface area contributed by atoms with E-state index in [9.17, 15) is 4.79 Å². The Bertz CT molecular complexity index is 468. The Morgan fingerprint density at radius 3 is 2.73 bits per heavy atom. The summed E-state index contributed by atoms with van der Waals surface area (Å²) in [6.45, 7) is 2.50. The summed E-state index contributed by atoms with van der Waals surface area (Å²) >= 11 is 0. The first-order chi connectivity index (χ1) is 10.2. The number of aliphatic imine (C=N–C) groups is 1. The zero-order valence-electron chi connectivity index (χ0n) is 13.2. The maximum atomic E-state index is 11.4. The third-order valence-electron chi connectivity index (χ3n) is 3.88. The highest BCUT2D eigenvalue weighted by Gasteiger charge is 2.23. The number of carbonyl (C=O) groups is 1. The number of carbonyl (C=O) groups excluding carboxylic acids is 1. The van der Waals surface area contributed by atoms with Crippen molar-refractivity contribution >= 4 is 35.8 Å². The van der Waals surface area contributed by atoms with Gasteiger partial charge in [-0.3, -0.25) is 9.79 Å². The highest BCUT2D eigenvalue weighted by Crippen LogP contribution is 2.20. The fraction of sp³-hybridized carbons (Fsp3) is 0.600. The first-order valence-electron chi connectivity index (χ1n) is 7.41. The van der Waals surface area contributed by atoms with E-state index in [4.69, 9.17) is 4.42 Å². The minimum absolute atomic E-state index is 0. The minimum atomic E-state index is 0. The van der Waals surface area contributed by atoms with Gasteiger partial charge in [-0.15, -0.1) is 24.0 Å². The summed E-state index contributed by atoms with van der Waals surface area (Å²) in [5, 5.41) is 6.01. The molecule has 2 heterocycles. The first kappa shape index (κ1) is 18.8. The van der Waals surface area contributed by atoms with Crippen LogP contribution in [0.4, 0.5) is 0 Å². The molecular weight excluding hydrogens is 395 g/mol. The molecule has 0 atom stereocenters. The van der Waals surface area contributed by atoms with Crippen molar-refractivity contribution in [3.8, 4) is 0 Å². The lowest BCUT2D eigenvalue weighted by atomic mass is 9.93. The Balaban J connectivity index is 0.00000242. The molecule has 124 valence electrons. The number of nitrogens with one attached hydrogen (secondary N) is 2.